The van der Waals surface area contributed by atoms with E-state index in [-0.39, 0.29) is 17.5 Å². The van der Waals surface area contributed by atoms with Crippen molar-refractivity contribution in [2.45, 2.75) is 45.6 Å². The van der Waals surface area contributed by atoms with Crippen molar-refractivity contribution >= 4 is 44.0 Å². The maximum absolute atomic E-state index is 11.9. The molecule has 0 spiro atoms. The molecule has 146 valence electrons. The van der Waals surface area contributed by atoms with Crippen LogP contribution in [0.4, 0.5) is 22.5 Å². The van der Waals surface area contributed by atoms with Crippen molar-refractivity contribution in [1.29, 1.82) is 0 Å². The van der Waals surface area contributed by atoms with Crippen LogP contribution in [0.2, 0.25) is 0 Å². The van der Waals surface area contributed by atoms with Crippen LogP contribution in [0.1, 0.15) is 38.2 Å². The average molecular weight is 398 g/mol. The minimum Gasteiger partial charge on any atom is -0.348 e. The molecule has 0 bridgehead atoms. The lowest BCUT2D eigenvalue weighted by Crippen LogP contribution is -2.40. The predicted octanol–water partition coefficient (Wildman–Crippen LogP) is 4.82. The lowest BCUT2D eigenvalue weighted by atomic mass is 10.00. The van der Waals surface area contributed by atoms with E-state index in [1.54, 1.807) is 0 Å². The van der Waals surface area contributed by atoms with E-state index in [2.05, 4.69) is 38.2 Å². The van der Waals surface area contributed by atoms with Gasteiger partial charge in [0.2, 0.25) is 11.6 Å². The normalized spacial score (nSPS) is 17.1. The van der Waals surface area contributed by atoms with Gasteiger partial charge in [0.05, 0.1) is 15.1 Å². The fourth-order valence-electron chi connectivity index (χ4n) is 3.73. The number of anilines is 3. The first-order valence-electron chi connectivity index (χ1n) is 9.47. The van der Waals surface area contributed by atoms with Crippen molar-refractivity contribution in [2.75, 3.05) is 16.8 Å². The number of aryl methyl sites for hydroxylation is 1. The number of hydrogen-bond acceptors (Lipinski definition) is 8. The van der Waals surface area contributed by atoms with Crippen molar-refractivity contribution in [3.05, 3.63) is 40.2 Å². The molecular weight excluding hydrogens is 376 g/mol. The zero-order chi connectivity index (χ0) is 19.7. The monoisotopic (exact) mass is 398 g/mol. The van der Waals surface area contributed by atoms with Crippen LogP contribution in [-0.4, -0.2) is 32.5 Å². The maximum Gasteiger partial charge on any atom is 0.353 e. The Kier molecular flexibility index (Phi) is 5.08. The summed E-state index contributed by atoms with van der Waals surface area (Å²) in [4.78, 5) is 26.6. The largest absolute Gasteiger partial charge is 0.353 e. The molecule has 0 radical (unpaired) electrons. The van der Waals surface area contributed by atoms with Gasteiger partial charge in [-0.05, 0) is 50.3 Å². The van der Waals surface area contributed by atoms with Crippen LogP contribution >= 0.6 is 11.3 Å². The molecule has 2 aromatic heterocycles. The molecule has 1 aromatic carbocycles. The van der Waals surface area contributed by atoms with Crippen LogP contribution in [0.3, 0.4) is 0 Å². The Morgan fingerprint density at radius 1 is 1.36 bits per heavy atom. The number of aromatic nitrogens is 3. The van der Waals surface area contributed by atoms with Gasteiger partial charge in [-0.15, -0.1) is 0 Å². The standard InChI is InChI=1S/C19H22N6O2S/c1-3-13-6-4-5-9-24(13)18-16(25(26)27)17(20-11-21-18)23-19-22-14-8-7-12(2)10-15(14)28-19/h7-8,10-11,13H,3-6,9H2,1-2H3,(H,20,21,22,23). The summed E-state index contributed by atoms with van der Waals surface area (Å²) in [5, 5.41) is 15.6. The number of thiazole rings is 1. The quantitative estimate of drug-likeness (QED) is 0.486. The Hall–Kier alpha value is -2.81. The van der Waals surface area contributed by atoms with Gasteiger partial charge in [0.25, 0.3) is 0 Å². The Bertz CT molecular complexity index is 1020. The number of benzene rings is 1. The van der Waals surface area contributed by atoms with E-state index in [0.29, 0.717) is 10.9 Å². The van der Waals surface area contributed by atoms with Crippen LogP contribution in [-0.2, 0) is 0 Å². The minimum atomic E-state index is -0.392. The van der Waals surface area contributed by atoms with Crippen LogP contribution in [0.15, 0.2) is 24.5 Å². The summed E-state index contributed by atoms with van der Waals surface area (Å²) in [5.41, 5.74) is 1.92. The van der Waals surface area contributed by atoms with Crippen LogP contribution < -0.4 is 10.2 Å². The second kappa shape index (κ2) is 7.67. The van der Waals surface area contributed by atoms with Gasteiger partial charge in [-0.1, -0.05) is 24.3 Å². The highest BCUT2D eigenvalue weighted by Crippen LogP contribution is 2.38. The molecular formula is C19H22N6O2S. The number of nitro groups is 1. The number of piperidine rings is 1. The lowest BCUT2D eigenvalue weighted by Gasteiger charge is -2.35. The smallest absolute Gasteiger partial charge is 0.348 e. The average Bonchev–Trinajstić information content (AvgIpc) is 3.08. The Labute approximate surface area is 166 Å². The zero-order valence-electron chi connectivity index (χ0n) is 15.9. The van der Waals surface area contributed by atoms with Gasteiger partial charge >= 0.3 is 5.69 Å². The molecule has 0 amide bonds. The number of nitrogens with one attached hydrogen (secondary N) is 1. The Morgan fingerprint density at radius 2 is 2.21 bits per heavy atom. The van der Waals surface area contributed by atoms with E-state index in [0.717, 1.165) is 48.0 Å². The van der Waals surface area contributed by atoms with Crippen LogP contribution in [0, 0.1) is 17.0 Å². The summed E-state index contributed by atoms with van der Waals surface area (Å²) >= 11 is 1.45. The van der Waals surface area contributed by atoms with Gasteiger partial charge in [-0.3, -0.25) is 10.1 Å². The fraction of sp³-hybridized carbons (Fsp3) is 0.421. The van der Waals surface area contributed by atoms with Crippen molar-refractivity contribution in [3.63, 3.8) is 0 Å². The lowest BCUT2D eigenvalue weighted by molar-refractivity contribution is -0.383. The van der Waals surface area contributed by atoms with Crippen molar-refractivity contribution in [3.8, 4) is 0 Å². The molecule has 1 fully saturated rings. The molecule has 0 saturated carbocycles. The summed E-state index contributed by atoms with van der Waals surface area (Å²) in [6, 6.07) is 6.27. The second-order valence-electron chi connectivity index (χ2n) is 7.02. The molecule has 9 heteroatoms. The SMILES string of the molecule is CCC1CCCCN1c1ncnc(Nc2nc3ccc(C)cc3s2)c1[N+](=O)[O-]. The van der Waals surface area contributed by atoms with Crippen LogP contribution in [0.25, 0.3) is 10.2 Å². The van der Waals surface area contributed by atoms with Gasteiger partial charge in [0.15, 0.2) is 5.13 Å². The van der Waals surface area contributed by atoms with Gasteiger partial charge in [-0.25, -0.2) is 15.0 Å². The maximum atomic E-state index is 11.9. The topological polar surface area (TPSA) is 97.1 Å². The van der Waals surface area contributed by atoms with Crippen molar-refractivity contribution in [2.24, 2.45) is 0 Å². The first kappa shape index (κ1) is 18.5. The Balaban J connectivity index is 1.73. The van der Waals surface area contributed by atoms with E-state index in [1.165, 1.54) is 17.7 Å². The third-order valence-electron chi connectivity index (χ3n) is 5.13. The first-order valence-corrected chi connectivity index (χ1v) is 10.3. The van der Waals surface area contributed by atoms with Crippen molar-refractivity contribution in [1.82, 2.24) is 15.0 Å². The molecule has 3 aromatic rings. The van der Waals surface area contributed by atoms with Gasteiger partial charge in [0.1, 0.15) is 6.33 Å². The molecule has 1 aliphatic heterocycles. The number of rotatable bonds is 5. The third kappa shape index (κ3) is 3.49. The number of fused-ring (bicyclic) bond motifs is 1. The summed E-state index contributed by atoms with van der Waals surface area (Å²) in [7, 11) is 0. The molecule has 28 heavy (non-hydrogen) atoms. The molecule has 0 aliphatic carbocycles. The van der Waals surface area contributed by atoms with Gasteiger partial charge < -0.3 is 10.2 Å². The highest BCUT2D eigenvalue weighted by Gasteiger charge is 2.32. The Morgan fingerprint density at radius 3 is 3.00 bits per heavy atom. The predicted molar refractivity (Wildman–Crippen MR) is 112 cm³/mol. The van der Waals surface area contributed by atoms with E-state index in [4.69, 9.17) is 0 Å². The molecule has 1 aliphatic rings. The molecule has 1 atom stereocenters. The zero-order valence-corrected chi connectivity index (χ0v) is 16.7. The minimum absolute atomic E-state index is 0.0849. The molecule has 1 N–H and O–H groups in total. The molecule has 1 saturated heterocycles. The highest BCUT2D eigenvalue weighted by molar-refractivity contribution is 7.22. The number of nitrogens with zero attached hydrogens (tertiary/aromatic N) is 5. The summed E-state index contributed by atoms with van der Waals surface area (Å²) in [5.74, 6) is 0.581. The second-order valence-corrected chi connectivity index (χ2v) is 8.05. The molecule has 1 unspecified atom stereocenters. The third-order valence-corrected chi connectivity index (χ3v) is 6.06. The van der Waals surface area contributed by atoms with E-state index in [1.807, 2.05) is 19.1 Å². The van der Waals surface area contributed by atoms with E-state index in [9.17, 15) is 10.1 Å². The van der Waals surface area contributed by atoms with Crippen molar-refractivity contribution < 1.29 is 4.92 Å². The molecule has 4 rings (SSSR count). The molecule has 3 heterocycles. The van der Waals surface area contributed by atoms with Gasteiger partial charge in [-0.2, -0.15) is 0 Å². The van der Waals surface area contributed by atoms with Crippen LogP contribution in [0.5, 0.6) is 0 Å². The van der Waals surface area contributed by atoms with E-state index < -0.39 is 4.92 Å². The summed E-state index contributed by atoms with van der Waals surface area (Å²) in [6.07, 6.45) is 5.50. The summed E-state index contributed by atoms with van der Waals surface area (Å²) < 4.78 is 1.03. The van der Waals surface area contributed by atoms with Gasteiger partial charge in [0, 0.05) is 12.6 Å². The first-order chi connectivity index (χ1) is 13.6. The van der Waals surface area contributed by atoms with E-state index >= 15 is 0 Å². The highest BCUT2D eigenvalue weighted by atomic mass is 32.1. The summed E-state index contributed by atoms with van der Waals surface area (Å²) in [6.45, 7) is 4.91. The molecule has 8 nitrogen and oxygen atoms in total. The fourth-order valence-corrected chi connectivity index (χ4v) is 4.69. The number of hydrogen-bond donors (Lipinski definition) is 1.